The summed E-state index contributed by atoms with van der Waals surface area (Å²) < 4.78 is 0. The van der Waals surface area contributed by atoms with Crippen molar-refractivity contribution in [2.75, 3.05) is 11.9 Å². The number of rotatable bonds is 7. The van der Waals surface area contributed by atoms with Crippen molar-refractivity contribution in [3.8, 4) is 0 Å². The van der Waals surface area contributed by atoms with Crippen molar-refractivity contribution >= 4 is 17.5 Å². The molecule has 0 spiro atoms. The van der Waals surface area contributed by atoms with Crippen LogP contribution in [0.3, 0.4) is 0 Å². The zero-order valence-electron chi connectivity index (χ0n) is 13.7. The van der Waals surface area contributed by atoms with E-state index in [1.165, 1.54) is 0 Å². The van der Waals surface area contributed by atoms with Gasteiger partial charge in [-0.15, -0.1) is 0 Å². The van der Waals surface area contributed by atoms with E-state index in [4.69, 9.17) is 5.73 Å². The molecule has 0 saturated heterocycles. The molecule has 2 aromatic carbocycles. The van der Waals surface area contributed by atoms with Gasteiger partial charge in [0, 0.05) is 24.6 Å². The van der Waals surface area contributed by atoms with Crippen LogP contribution in [-0.2, 0) is 16.0 Å². The van der Waals surface area contributed by atoms with E-state index in [1.807, 2.05) is 60.7 Å². The molecular weight excluding hydrogens is 302 g/mol. The van der Waals surface area contributed by atoms with Crippen LogP contribution in [0.2, 0.25) is 0 Å². The summed E-state index contributed by atoms with van der Waals surface area (Å²) in [5, 5.41) is 5.64. The number of hydrogen-bond donors (Lipinski definition) is 3. The Morgan fingerprint density at radius 2 is 1.54 bits per heavy atom. The Bertz CT molecular complexity index is 659. The van der Waals surface area contributed by atoms with Gasteiger partial charge in [-0.25, -0.2) is 0 Å². The fraction of sp³-hybridized carbons (Fsp3) is 0.263. The third kappa shape index (κ3) is 5.21. The Labute approximate surface area is 142 Å². The van der Waals surface area contributed by atoms with Crippen LogP contribution < -0.4 is 16.4 Å². The van der Waals surface area contributed by atoms with Crippen LogP contribution in [0.15, 0.2) is 60.7 Å². The predicted octanol–water partition coefficient (Wildman–Crippen LogP) is 1.95. The summed E-state index contributed by atoms with van der Waals surface area (Å²) in [4.78, 5) is 24.8. The number of nitrogens with one attached hydrogen (secondary N) is 2. The predicted molar refractivity (Wildman–Crippen MR) is 95.4 cm³/mol. The first-order valence-corrected chi connectivity index (χ1v) is 8.00. The maximum atomic E-state index is 12.6. The van der Waals surface area contributed by atoms with Crippen molar-refractivity contribution in [2.24, 2.45) is 11.7 Å². The van der Waals surface area contributed by atoms with Gasteiger partial charge in [0.2, 0.25) is 11.8 Å². The minimum absolute atomic E-state index is 0.221. The standard InChI is InChI=1S/C19H23N3O2/c1-14(13-20)18(23)22-17(12-15-8-4-2-5-9-15)19(24)21-16-10-6-3-7-11-16/h2-11,14,17H,12-13,20H2,1H3,(H,21,24)(H,22,23). The van der Waals surface area contributed by atoms with E-state index in [9.17, 15) is 9.59 Å². The molecule has 2 aromatic rings. The highest BCUT2D eigenvalue weighted by Gasteiger charge is 2.23. The Kier molecular flexibility index (Phi) is 6.51. The van der Waals surface area contributed by atoms with E-state index in [0.29, 0.717) is 12.1 Å². The molecule has 0 aliphatic heterocycles. The average Bonchev–Trinajstić information content (AvgIpc) is 2.62. The summed E-state index contributed by atoms with van der Waals surface area (Å²) in [6.45, 7) is 1.98. The molecule has 0 saturated carbocycles. The van der Waals surface area contributed by atoms with E-state index in [1.54, 1.807) is 6.92 Å². The molecule has 126 valence electrons. The lowest BCUT2D eigenvalue weighted by Gasteiger charge is -2.20. The lowest BCUT2D eigenvalue weighted by atomic mass is 10.0. The van der Waals surface area contributed by atoms with Crippen molar-refractivity contribution in [3.63, 3.8) is 0 Å². The van der Waals surface area contributed by atoms with Crippen LogP contribution in [0.25, 0.3) is 0 Å². The highest BCUT2D eigenvalue weighted by atomic mass is 16.2. The minimum atomic E-state index is -0.658. The van der Waals surface area contributed by atoms with E-state index in [2.05, 4.69) is 10.6 Å². The van der Waals surface area contributed by atoms with Gasteiger partial charge in [0.1, 0.15) is 6.04 Å². The molecule has 2 amide bonds. The van der Waals surface area contributed by atoms with Gasteiger partial charge in [0.25, 0.3) is 0 Å². The molecule has 5 nitrogen and oxygen atoms in total. The smallest absolute Gasteiger partial charge is 0.247 e. The normalized spacial score (nSPS) is 12.9. The lowest BCUT2D eigenvalue weighted by Crippen LogP contribution is -2.48. The second-order valence-electron chi connectivity index (χ2n) is 5.74. The van der Waals surface area contributed by atoms with Gasteiger partial charge in [-0.05, 0) is 17.7 Å². The first-order chi connectivity index (χ1) is 11.6. The van der Waals surface area contributed by atoms with Gasteiger partial charge in [-0.1, -0.05) is 55.5 Å². The third-order valence-electron chi connectivity index (χ3n) is 3.76. The number of para-hydroxylation sites is 1. The maximum absolute atomic E-state index is 12.6. The summed E-state index contributed by atoms with van der Waals surface area (Å²) in [5.74, 6) is -0.808. The van der Waals surface area contributed by atoms with E-state index in [-0.39, 0.29) is 24.3 Å². The van der Waals surface area contributed by atoms with Gasteiger partial charge in [0.15, 0.2) is 0 Å². The molecule has 2 rings (SSSR count). The lowest BCUT2D eigenvalue weighted by molar-refractivity contribution is -0.128. The highest BCUT2D eigenvalue weighted by Crippen LogP contribution is 2.09. The molecule has 0 aliphatic rings. The Morgan fingerprint density at radius 3 is 2.12 bits per heavy atom. The van der Waals surface area contributed by atoms with Crippen molar-refractivity contribution in [1.29, 1.82) is 0 Å². The van der Waals surface area contributed by atoms with Gasteiger partial charge in [-0.2, -0.15) is 0 Å². The fourth-order valence-corrected chi connectivity index (χ4v) is 2.23. The molecule has 0 aromatic heterocycles. The molecule has 5 heteroatoms. The Morgan fingerprint density at radius 1 is 0.958 bits per heavy atom. The SMILES string of the molecule is CC(CN)C(=O)NC(Cc1ccccc1)C(=O)Nc1ccccc1. The van der Waals surface area contributed by atoms with Crippen molar-refractivity contribution in [2.45, 2.75) is 19.4 Å². The van der Waals surface area contributed by atoms with E-state index < -0.39 is 6.04 Å². The summed E-state index contributed by atoms with van der Waals surface area (Å²) in [7, 11) is 0. The number of hydrogen-bond acceptors (Lipinski definition) is 3. The number of amides is 2. The largest absolute Gasteiger partial charge is 0.344 e. The topological polar surface area (TPSA) is 84.2 Å². The van der Waals surface area contributed by atoms with Gasteiger partial charge in [-0.3, -0.25) is 9.59 Å². The monoisotopic (exact) mass is 325 g/mol. The molecule has 24 heavy (non-hydrogen) atoms. The number of nitrogens with two attached hydrogens (primary N) is 1. The molecule has 2 unspecified atom stereocenters. The average molecular weight is 325 g/mol. The quantitative estimate of drug-likeness (QED) is 0.727. The summed E-state index contributed by atoms with van der Waals surface area (Å²) >= 11 is 0. The minimum Gasteiger partial charge on any atom is -0.344 e. The van der Waals surface area contributed by atoms with Crippen LogP contribution in [0.1, 0.15) is 12.5 Å². The molecule has 4 N–H and O–H groups in total. The number of carbonyl (C=O) groups is 2. The second-order valence-corrected chi connectivity index (χ2v) is 5.74. The van der Waals surface area contributed by atoms with E-state index in [0.717, 1.165) is 5.56 Å². The number of anilines is 1. The van der Waals surface area contributed by atoms with Crippen LogP contribution >= 0.6 is 0 Å². The van der Waals surface area contributed by atoms with Crippen LogP contribution in [0.4, 0.5) is 5.69 Å². The summed E-state index contributed by atoms with van der Waals surface area (Å²) in [6.07, 6.45) is 0.419. The molecular formula is C19H23N3O2. The van der Waals surface area contributed by atoms with Crippen molar-refractivity contribution < 1.29 is 9.59 Å². The van der Waals surface area contributed by atoms with E-state index >= 15 is 0 Å². The zero-order chi connectivity index (χ0) is 17.4. The van der Waals surface area contributed by atoms with Crippen LogP contribution in [-0.4, -0.2) is 24.4 Å². The molecule has 0 fully saturated rings. The maximum Gasteiger partial charge on any atom is 0.247 e. The first-order valence-electron chi connectivity index (χ1n) is 8.00. The van der Waals surface area contributed by atoms with Crippen molar-refractivity contribution in [3.05, 3.63) is 66.2 Å². The summed E-state index contributed by atoms with van der Waals surface area (Å²) in [6, 6.07) is 18.1. The molecule has 0 heterocycles. The van der Waals surface area contributed by atoms with Gasteiger partial charge in [0.05, 0.1) is 0 Å². The first kappa shape index (κ1) is 17.7. The Hall–Kier alpha value is -2.66. The fourth-order valence-electron chi connectivity index (χ4n) is 2.23. The number of benzene rings is 2. The molecule has 0 radical (unpaired) electrons. The van der Waals surface area contributed by atoms with Crippen LogP contribution in [0, 0.1) is 5.92 Å². The summed E-state index contributed by atoms with van der Waals surface area (Å²) in [5.41, 5.74) is 7.21. The molecule has 0 aliphatic carbocycles. The molecule has 2 atom stereocenters. The Balaban J connectivity index is 2.11. The zero-order valence-corrected chi connectivity index (χ0v) is 13.7. The van der Waals surface area contributed by atoms with Gasteiger partial charge >= 0.3 is 0 Å². The number of carbonyl (C=O) groups excluding carboxylic acids is 2. The highest BCUT2D eigenvalue weighted by molar-refractivity contribution is 5.97. The third-order valence-corrected chi connectivity index (χ3v) is 3.76. The van der Waals surface area contributed by atoms with Crippen molar-refractivity contribution in [1.82, 2.24) is 5.32 Å². The van der Waals surface area contributed by atoms with Gasteiger partial charge < -0.3 is 16.4 Å². The second kappa shape index (κ2) is 8.84. The van der Waals surface area contributed by atoms with Crippen LogP contribution in [0.5, 0.6) is 0 Å². The molecule has 0 bridgehead atoms.